The first-order chi connectivity index (χ1) is 16.7. The van der Waals surface area contributed by atoms with Crippen molar-refractivity contribution in [1.29, 1.82) is 0 Å². The van der Waals surface area contributed by atoms with Gasteiger partial charge in [-0.2, -0.15) is 0 Å². The Kier molecular flexibility index (Phi) is 7.08. The maximum Gasteiger partial charge on any atom is 0.240 e. The van der Waals surface area contributed by atoms with Crippen LogP contribution in [0.15, 0.2) is 78.3 Å². The molecule has 7 unspecified atom stereocenters. The van der Waals surface area contributed by atoms with Crippen LogP contribution in [-0.4, -0.2) is 72.2 Å². The predicted molar refractivity (Wildman–Crippen MR) is 131 cm³/mol. The molecule has 180 valence electrons. The van der Waals surface area contributed by atoms with Gasteiger partial charge in [0.05, 0.1) is 18.4 Å². The van der Waals surface area contributed by atoms with E-state index in [4.69, 9.17) is 15.2 Å². The van der Waals surface area contributed by atoms with Crippen molar-refractivity contribution < 1.29 is 14.3 Å². The Labute approximate surface area is 200 Å². The lowest BCUT2D eigenvalue weighted by Crippen LogP contribution is -2.62. The Balaban J connectivity index is 1.41. The van der Waals surface area contributed by atoms with E-state index >= 15 is 0 Å². The van der Waals surface area contributed by atoms with Crippen LogP contribution in [-0.2, 0) is 14.3 Å². The minimum absolute atomic E-state index is 0.105. The molecule has 8 heteroatoms. The third-order valence-corrected chi connectivity index (χ3v) is 7.35. The highest BCUT2D eigenvalue weighted by Gasteiger charge is 2.50. The zero-order chi connectivity index (χ0) is 23.3. The molecule has 3 fully saturated rings. The highest BCUT2D eigenvalue weighted by Crippen LogP contribution is 2.41. The van der Waals surface area contributed by atoms with Gasteiger partial charge in [0.25, 0.3) is 0 Å². The van der Waals surface area contributed by atoms with E-state index in [0.717, 1.165) is 19.5 Å². The van der Waals surface area contributed by atoms with Gasteiger partial charge in [0.1, 0.15) is 12.3 Å². The number of nitrogens with two attached hydrogens (primary N) is 1. The average Bonchev–Trinajstić information content (AvgIpc) is 3.44. The number of allylic oxidation sites excluding steroid dienone is 6. The number of hydrogen-bond donors (Lipinski definition) is 2. The molecule has 3 N–H and O–H groups in total. The maximum absolute atomic E-state index is 12.1. The van der Waals surface area contributed by atoms with Crippen molar-refractivity contribution in [2.75, 3.05) is 19.6 Å². The van der Waals surface area contributed by atoms with Crippen LogP contribution in [0.4, 0.5) is 0 Å². The monoisotopic (exact) mass is 463 g/mol. The van der Waals surface area contributed by atoms with Gasteiger partial charge in [-0.15, -0.1) is 0 Å². The summed E-state index contributed by atoms with van der Waals surface area (Å²) in [5.74, 6) is 0.638. The van der Waals surface area contributed by atoms with Gasteiger partial charge in [0, 0.05) is 43.9 Å². The molecular formula is C26H33N5O3. The van der Waals surface area contributed by atoms with E-state index in [9.17, 15) is 4.79 Å². The Hall–Kier alpha value is -2.94. The lowest BCUT2D eigenvalue weighted by atomic mass is 9.75. The van der Waals surface area contributed by atoms with E-state index in [-0.39, 0.29) is 30.3 Å². The molecule has 5 rings (SSSR count). The molecule has 1 amide bonds. The molecule has 4 aliphatic heterocycles. The summed E-state index contributed by atoms with van der Waals surface area (Å²) in [7, 11) is 0. The normalized spacial score (nSPS) is 41.3. The number of nitrogens with one attached hydrogen (secondary N) is 1. The third-order valence-electron chi connectivity index (χ3n) is 7.35. The number of fused-ring (bicyclic) bond motifs is 4. The maximum atomic E-state index is 12.1. The summed E-state index contributed by atoms with van der Waals surface area (Å²) in [6, 6.07) is 0.115. The van der Waals surface area contributed by atoms with Crippen LogP contribution in [0, 0.1) is 11.8 Å². The largest absolute Gasteiger partial charge is 0.453 e. The summed E-state index contributed by atoms with van der Waals surface area (Å²) < 4.78 is 12.0. The number of ether oxygens (including phenoxy) is 2. The Bertz CT molecular complexity index is 952. The standard InChI is InChI=1S/C26H33N5O3/c27-25(32)23-16-19-17-31(23)14-11-28-18-33-15-7-3-1-2-6-12-30-13-10-21-20-8-4-5-9-22(20)29-26(34-19)24(21)30/h1-9,11,14-15,18-24,26,29H,10,12-13,16-17H2,(H2,27,32)/b3-1-,6-2+,14-11+,15-7-,28-18?. The molecule has 0 radical (unpaired) electrons. The molecule has 3 saturated heterocycles. The van der Waals surface area contributed by atoms with Gasteiger partial charge in [-0.1, -0.05) is 48.6 Å². The molecular weight excluding hydrogens is 430 g/mol. The van der Waals surface area contributed by atoms with Crippen LogP contribution in [0.1, 0.15) is 12.8 Å². The molecule has 7 atom stereocenters. The van der Waals surface area contributed by atoms with Crippen LogP contribution in [0.25, 0.3) is 0 Å². The van der Waals surface area contributed by atoms with E-state index < -0.39 is 6.04 Å². The first kappa shape index (κ1) is 22.8. The fourth-order valence-corrected chi connectivity index (χ4v) is 5.86. The molecule has 0 aromatic rings. The van der Waals surface area contributed by atoms with Gasteiger partial charge < -0.3 is 20.1 Å². The van der Waals surface area contributed by atoms with Gasteiger partial charge in [-0.25, -0.2) is 4.99 Å². The predicted octanol–water partition coefficient (Wildman–Crippen LogP) is 1.82. The molecule has 0 aromatic carbocycles. The average molecular weight is 464 g/mol. The molecule has 0 saturated carbocycles. The molecule has 5 aliphatic rings. The zero-order valence-electron chi connectivity index (χ0n) is 19.2. The number of aliphatic imine (C=N–C) groups is 1. The minimum atomic E-state index is -0.416. The fraction of sp³-hybridized carbons (Fsp3) is 0.462. The molecule has 0 aromatic heterocycles. The molecule has 4 heterocycles. The summed E-state index contributed by atoms with van der Waals surface area (Å²) in [4.78, 5) is 20.7. The fourth-order valence-electron chi connectivity index (χ4n) is 5.86. The van der Waals surface area contributed by atoms with Crippen molar-refractivity contribution in [2.45, 2.75) is 43.3 Å². The number of piperidine rings is 1. The third kappa shape index (κ3) is 4.94. The number of amides is 1. The van der Waals surface area contributed by atoms with E-state index in [1.807, 2.05) is 23.1 Å². The number of carbonyl (C=O) groups excluding carboxylic acids is 1. The summed E-state index contributed by atoms with van der Waals surface area (Å²) >= 11 is 0. The highest BCUT2D eigenvalue weighted by atomic mass is 16.5. The van der Waals surface area contributed by atoms with Gasteiger partial charge in [-0.05, 0) is 25.0 Å². The Morgan fingerprint density at radius 1 is 1.12 bits per heavy atom. The lowest BCUT2D eigenvalue weighted by molar-refractivity contribution is -0.122. The van der Waals surface area contributed by atoms with Crippen molar-refractivity contribution in [3.05, 3.63) is 73.3 Å². The second-order valence-electron chi connectivity index (χ2n) is 9.34. The number of hydrogen-bond acceptors (Lipinski definition) is 7. The minimum Gasteiger partial charge on any atom is -0.453 e. The first-order valence-corrected chi connectivity index (χ1v) is 12.1. The lowest BCUT2D eigenvalue weighted by Gasteiger charge is -2.47. The van der Waals surface area contributed by atoms with E-state index in [1.54, 1.807) is 18.7 Å². The summed E-state index contributed by atoms with van der Waals surface area (Å²) in [6.07, 6.45) is 26.6. The van der Waals surface area contributed by atoms with Crippen molar-refractivity contribution >= 4 is 12.3 Å². The van der Waals surface area contributed by atoms with E-state index in [2.05, 4.69) is 51.7 Å². The summed E-state index contributed by atoms with van der Waals surface area (Å²) in [5.41, 5.74) is 5.71. The second-order valence-corrected chi connectivity index (χ2v) is 9.34. The van der Waals surface area contributed by atoms with Gasteiger partial charge in [0.2, 0.25) is 5.91 Å². The zero-order valence-corrected chi connectivity index (χ0v) is 19.2. The van der Waals surface area contributed by atoms with Gasteiger partial charge in [-0.3, -0.25) is 15.0 Å². The number of primary amides is 1. The van der Waals surface area contributed by atoms with Crippen LogP contribution < -0.4 is 11.1 Å². The van der Waals surface area contributed by atoms with Crippen LogP contribution in [0.3, 0.4) is 0 Å². The van der Waals surface area contributed by atoms with E-state index in [1.165, 1.54) is 6.40 Å². The van der Waals surface area contributed by atoms with Crippen molar-refractivity contribution in [2.24, 2.45) is 22.6 Å². The van der Waals surface area contributed by atoms with Crippen molar-refractivity contribution in [3.63, 3.8) is 0 Å². The number of nitrogens with zero attached hydrogens (tertiary/aromatic N) is 3. The molecule has 34 heavy (non-hydrogen) atoms. The highest BCUT2D eigenvalue weighted by molar-refractivity contribution is 5.80. The van der Waals surface area contributed by atoms with Gasteiger partial charge >= 0.3 is 0 Å². The molecule has 0 spiro atoms. The quantitative estimate of drug-likeness (QED) is 0.616. The Morgan fingerprint density at radius 3 is 2.91 bits per heavy atom. The van der Waals surface area contributed by atoms with Crippen LogP contribution in [0.2, 0.25) is 0 Å². The molecule has 8 nitrogen and oxygen atoms in total. The van der Waals surface area contributed by atoms with Crippen molar-refractivity contribution in [1.82, 2.24) is 15.1 Å². The van der Waals surface area contributed by atoms with Crippen molar-refractivity contribution in [3.8, 4) is 0 Å². The topological polar surface area (TPSA) is 92.4 Å². The van der Waals surface area contributed by atoms with Gasteiger partial charge in [0.15, 0.2) is 6.40 Å². The molecule has 1 aliphatic carbocycles. The summed E-state index contributed by atoms with van der Waals surface area (Å²) in [6.45, 7) is 2.49. The number of carbonyl (C=O) groups is 1. The van der Waals surface area contributed by atoms with E-state index in [0.29, 0.717) is 24.8 Å². The smallest absolute Gasteiger partial charge is 0.240 e. The SMILES string of the molecule is NC(=O)C1CC2CN1/C=C/N=CO\C=C/C=C\C=C\CN1CCC3C4C=CC=CC4NC(O2)C31. The first-order valence-electron chi connectivity index (χ1n) is 12.1. The Morgan fingerprint density at radius 2 is 2.00 bits per heavy atom. The number of rotatable bonds is 1. The second kappa shape index (κ2) is 10.5. The van der Waals surface area contributed by atoms with Crippen LogP contribution >= 0.6 is 0 Å². The molecule has 2 bridgehead atoms. The van der Waals surface area contributed by atoms with Crippen LogP contribution in [0.5, 0.6) is 0 Å². The summed E-state index contributed by atoms with van der Waals surface area (Å²) in [5, 5.41) is 3.77.